The number of hydrogen-bond acceptors (Lipinski definition) is 3. The second-order valence-electron chi connectivity index (χ2n) is 6.33. The van der Waals surface area contributed by atoms with Crippen molar-refractivity contribution in [2.24, 2.45) is 5.41 Å². The van der Waals surface area contributed by atoms with Crippen LogP contribution in [-0.4, -0.2) is 29.7 Å². The van der Waals surface area contributed by atoms with Gasteiger partial charge in [0.05, 0.1) is 11.7 Å². The van der Waals surface area contributed by atoms with Crippen molar-refractivity contribution in [1.29, 1.82) is 0 Å². The molecule has 1 fully saturated rings. The van der Waals surface area contributed by atoms with Crippen LogP contribution in [0.15, 0.2) is 0 Å². The number of ether oxygens (including phenoxy) is 1. The summed E-state index contributed by atoms with van der Waals surface area (Å²) in [5.74, 6) is 0. The lowest BCUT2D eigenvalue weighted by molar-refractivity contribution is -0.111. The molecule has 1 aliphatic carbocycles. The Bertz CT molecular complexity index is 244. The maximum atomic E-state index is 10.7. The first-order valence-corrected chi connectivity index (χ1v) is 6.62. The predicted molar refractivity (Wildman–Crippen MR) is 67.9 cm³/mol. The van der Waals surface area contributed by atoms with Crippen LogP contribution in [0.4, 0.5) is 0 Å². The molecule has 0 saturated heterocycles. The third-order valence-corrected chi connectivity index (χ3v) is 3.67. The fraction of sp³-hybridized carbons (Fsp3) is 0.929. The largest absolute Gasteiger partial charge is 0.390 e. The van der Waals surface area contributed by atoms with Crippen molar-refractivity contribution in [3.05, 3.63) is 0 Å². The van der Waals surface area contributed by atoms with Gasteiger partial charge in [0, 0.05) is 13.0 Å². The fourth-order valence-corrected chi connectivity index (χ4v) is 2.51. The van der Waals surface area contributed by atoms with Crippen LogP contribution in [0.5, 0.6) is 0 Å². The zero-order valence-corrected chi connectivity index (χ0v) is 11.4. The first kappa shape index (κ1) is 14.7. The molecule has 3 heteroatoms. The van der Waals surface area contributed by atoms with Crippen molar-refractivity contribution in [1.82, 2.24) is 0 Å². The molecule has 0 spiro atoms. The van der Waals surface area contributed by atoms with Gasteiger partial charge in [-0.2, -0.15) is 0 Å². The van der Waals surface area contributed by atoms with Crippen LogP contribution in [0.3, 0.4) is 0 Å². The molecular weight excluding hydrogens is 216 g/mol. The van der Waals surface area contributed by atoms with Gasteiger partial charge in [0.15, 0.2) is 0 Å². The second kappa shape index (κ2) is 5.96. The van der Waals surface area contributed by atoms with Gasteiger partial charge in [0.2, 0.25) is 0 Å². The normalized spacial score (nSPS) is 30.2. The van der Waals surface area contributed by atoms with E-state index in [0.29, 0.717) is 19.4 Å². The third kappa shape index (κ3) is 5.64. The molecule has 0 aromatic heterocycles. The summed E-state index contributed by atoms with van der Waals surface area (Å²) in [4.78, 5) is 10.7. The van der Waals surface area contributed by atoms with Crippen LogP contribution in [-0.2, 0) is 9.53 Å². The first-order valence-electron chi connectivity index (χ1n) is 6.62. The zero-order chi connectivity index (χ0) is 12.9. The van der Waals surface area contributed by atoms with Gasteiger partial charge in [-0.05, 0) is 44.9 Å². The van der Waals surface area contributed by atoms with E-state index < -0.39 is 5.60 Å². The summed E-state index contributed by atoms with van der Waals surface area (Å²) in [5, 5.41) is 9.61. The van der Waals surface area contributed by atoms with Crippen LogP contribution in [0.1, 0.15) is 59.3 Å². The quantitative estimate of drug-likeness (QED) is 0.728. The molecule has 2 atom stereocenters. The molecule has 100 valence electrons. The van der Waals surface area contributed by atoms with Gasteiger partial charge in [-0.3, -0.25) is 0 Å². The van der Waals surface area contributed by atoms with Crippen molar-refractivity contribution in [3.63, 3.8) is 0 Å². The Kier molecular flexibility index (Phi) is 5.14. The Labute approximate surface area is 105 Å². The molecule has 0 radical (unpaired) electrons. The van der Waals surface area contributed by atoms with E-state index in [0.717, 1.165) is 32.0 Å². The molecule has 0 heterocycles. The van der Waals surface area contributed by atoms with E-state index in [9.17, 15) is 9.90 Å². The standard InChI is InChI=1S/C14H26O3/c1-13(2,16)8-10-17-12-5-4-6-14(3,11-12)7-9-15/h9,12,16H,4-8,10-11H2,1-3H3/t12-,14?/m0/s1. The number of aliphatic hydroxyl groups is 1. The van der Waals surface area contributed by atoms with Crippen molar-refractivity contribution in [2.75, 3.05) is 6.61 Å². The monoisotopic (exact) mass is 242 g/mol. The molecule has 0 bridgehead atoms. The molecule has 0 aromatic carbocycles. The summed E-state index contributed by atoms with van der Waals surface area (Å²) in [6, 6.07) is 0. The topological polar surface area (TPSA) is 46.5 Å². The molecule has 0 aliphatic heterocycles. The van der Waals surface area contributed by atoms with Crippen LogP contribution >= 0.6 is 0 Å². The molecule has 1 saturated carbocycles. The highest BCUT2D eigenvalue weighted by Gasteiger charge is 2.32. The van der Waals surface area contributed by atoms with Gasteiger partial charge in [0.25, 0.3) is 0 Å². The Balaban J connectivity index is 2.32. The van der Waals surface area contributed by atoms with E-state index in [2.05, 4.69) is 6.92 Å². The summed E-state index contributed by atoms with van der Waals surface area (Å²) in [7, 11) is 0. The molecule has 1 N–H and O–H groups in total. The maximum absolute atomic E-state index is 10.7. The minimum absolute atomic E-state index is 0.124. The minimum atomic E-state index is -0.652. The smallest absolute Gasteiger partial charge is 0.120 e. The number of carbonyl (C=O) groups is 1. The van der Waals surface area contributed by atoms with Crippen LogP contribution in [0.2, 0.25) is 0 Å². The van der Waals surface area contributed by atoms with Gasteiger partial charge in [-0.15, -0.1) is 0 Å². The highest BCUT2D eigenvalue weighted by atomic mass is 16.5. The fourth-order valence-electron chi connectivity index (χ4n) is 2.51. The van der Waals surface area contributed by atoms with Crippen molar-refractivity contribution < 1.29 is 14.6 Å². The maximum Gasteiger partial charge on any atom is 0.120 e. The van der Waals surface area contributed by atoms with E-state index in [1.165, 1.54) is 0 Å². The number of hydrogen-bond donors (Lipinski definition) is 1. The predicted octanol–water partition coefficient (Wildman–Crippen LogP) is 2.70. The van der Waals surface area contributed by atoms with Gasteiger partial charge >= 0.3 is 0 Å². The van der Waals surface area contributed by atoms with E-state index in [1.54, 1.807) is 13.8 Å². The molecule has 1 aliphatic rings. The van der Waals surface area contributed by atoms with E-state index in [-0.39, 0.29) is 11.5 Å². The number of rotatable bonds is 6. The average Bonchev–Trinajstić information content (AvgIpc) is 2.15. The SMILES string of the molecule is CC(C)(O)CCO[C@H]1CCCC(C)(CC=O)C1. The van der Waals surface area contributed by atoms with Gasteiger partial charge in [-0.1, -0.05) is 13.3 Å². The highest BCUT2D eigenvalue weighted by Crippen LogP contribution is 2.39. The minimum Gasteiger partial charge on any atom is -0.390 e. The summed E-state index contributed by atoms with van der Waals surface area (Å²) in [5.41, 5.74) is -0.528. The molecule has 3 nitrogen and oxygen atoms in total. The summed E-state index contributed by atoms with van der Waals surface area (Å²) in [6.07, 6.45) is 6.90. The van der Waals surface area contributed by atoms with Gasteiger partial charge in [-0.25, -0.2) is 0 Å². The Morgan fingerprint density at radius 3 is 2.82 bits per heavy atom. The van der Waals surface area contributed by atoms with Crippen LogP contribution in [0, 0.1) is 5.41 Å². The number of carbonyl (C=O) groups excluding carboxylic acids is 1. The van der Waals surface area contributed by atoms with Crippen LogP contribution < -0.4 is 0 Å². The van der Waals surface area contributed by atoms with E-state index >= 15 is 0 Å². The van der Waals surface area contributed by atoms with Crippen molar-refractivity contribution >= 4 is 6.29 Å². The lowest BCUT2D eigenvalue weighted by atomic mass is 9.72. The zero-order valence-electron chi connectivity index (χ0n) is 11.4. The summed E-state index contributed by atoms with van der Waals surface area (Å²) < 4.78 is 5.82. The first-order chi connectivity index (χ1) is 7.85. The van der Waals surface area contributed by atoms with E-state index in [1.807, 2.05) is 0 Å². The summed E-state index contributed by atoms with van der Waals surface area (Å²) in [6.45, 7) is 6.37. The lowest BCUT2D eigenvalue weighted by Gasteiger charge is -2.37. The third-order valence-electron chi connectivity index (χ3n) is 3.67. The number of aldehydes is 1. The Morgan fingerprint density at radius 1 is 1.53 bits per heavy atom. The molecule has 0 amide bonds. The average molecular weight is 242 g/mol. The molecule has 17 heavy (non-hydrogen) atoms. The Morgan fingerprint density at radius 2 is 2.24 bits per heavy atom. The molecule has 0 aromatic rings. The van der Waals surface area contributed by atoms with Crippen molar-refractivity contribution in [3.8, 4) is 0 Å². The Hall–Kier alpha value is -0.410. The van der Waals surface area contributed by atoms with Gasteiger partial charge < -0.3 is 14.6 Å². The summed E-state index contributed by atoms with van der Waals surface area (Å²) >= 11 is 0. The molecule has 1 unspecified atom stereocenters. The molecular formula is C14H26O3. The van der Waals surface area contributed by atoms with E-state index in [4.69, 9.17) is 4.74 Å². The highest BCUT2D eigenvalue weighted by molar-refractivity contribution is 5.50. The van der Waals surface area contributed by atoms with Crippen LogP contribution in [0.25, 0.3) is 0 Å². The molecule has 1 rings (SSSR count). The lowest BCUT2D eigenvalue weighted by Crippen LogP contribution is -2.32. The van der Waals surface area contributed by atoms with Crippen molar-refractivity contribution in [2.45, 2.75) is 71.0 Å². The van der Waals surface area contributed by atoms with Gasteiger partial charge in [0.1, 0.15) is 6.29 Å². The second-order valence-corrected chi connectivity index (χ2v) is 6.33.